The highest BCUT2D eigenvalue weighted by Gasteiger charge is 2.49. The third-order valence-electron chi connectivity index (χ3n) is 7.33. The van der Waals surface area contributed by atoms with E-state index in [2.05, 4.69) is 10.6 Å². The van der Waals surface area contributed by atoms with Crippen molar-refractivity contribution in [2.24, 2.45) is 34.5 Å². The van der Waals surface area contributed by atoms with Gasteiger partial charge in [0.2, 0.25) is 11.8 Å². The molecule has 1 heterocycles. The second-order valence-corrected chi connectivity index (χ2v) is 14.9. The van der Waals surface area contributed by atoms with Gasteiger partial charge in [0.05, 0.1) is 23.7 Å². The van der Waals surface area contributed by atoms with E-state index in [4.69, 9.17) is 0 Å². The number of unbranched alkanes of at least 4 members (excludes halogenated alkanes) is 1. The van der Waals surface area contributed by atoms with Crippen LogP contribution >= 0.6 is 21.6 Å². The van der Waals surface area contributed by atoms with Crippen LogP contribution in [-0.2, 0) is 24.0 Å². The van der Waals surface area contributed by atoms with Crippen LogP contribution in [-0.4, -0.2) is 69.1 Å². The van der Waals surface area contributed by atoms with E-state index in [-0.39, 0.29) is 25.4 Å². The molecule has 0 aromatic rings. The predicted octanol–water partition coefficient (Wildman–Crippen LogP) is 4.13. The second-order valence-electron chi connectivity index (χ2n) is 12.1. The van der Waals surface area contributed by atoms with Crippen LogP contribution in [0.15, 0.2) is 0 Å². The quantitative estimate of drug-likeness (QED) is 0.123. The number of nitrogens with one attached hydrogen (secondary N) is 2. The maximum absolute atomic E-state index is 13.2. The molecule has 0 bridgehead atoms. The standard InChI is InChI=1S/C27H46N2O8S2/c1-16(23(32)33)20(25(36)37)27(5,6)15-18(24(34)35)21(26(2,3)4)22(31)29-13-12-28-19(30)10-8-7-9-17-11-14-38-39-17/h16-18,20-21H,7-15H2,1-6H3,(H,28,30)(H,29,31)(H,32,33)(H,34,35)(H,36,37). The molecule has 1 aliphatic rings. The highest BCUT2D eigenvalue weighted by atomic mass is 33.1. The number of carboxylic acids is 3. The Morgan fingerprint density at radius 1 is 0.872 bits per heavy atom. The number of aliphatic carboxylic acids is 3. The van der Waals surface area contributed by atoms with E-state index in [1.807, 2.05) is 21.6 Å². The number of carboxylic acid groups (broad SMARTS) is 3. The van der Waals surface area contributed by atoms with Crippen molar-refractivity contribution in [1.82, 2.24) is 10.6 Å². The van der Waals surface area contributed by atoms with Gasteiger partial charge >= 0.3 is 17.9 Å². The molecule has 1 fully saturated rings. The molecular weight excluding hydrogens is 544 g/mol. The maximum Gasteiger partial charge on any atom is 0.307 e. The van der Waals surface area contributed by atoms with E-state index in [9.17, 15) is 39.3 Å². The average Bonchev–Trinajstić information content (AvgIpc) is 3.31. The summed E-state index contributed by atoms with van der Waals surface area (Å²) in [6.07, 6.45) is 4.34. The van der Waals surface area contributed by atoms with Crippen LogP contribution in [0.1, 0.15) is 80.1 Å². The first-order valence-electron chi connectivity index (χ1n) is 13.5. The topological polar surface area (TPSA) is 170 Å². The first-order chi connectivity index (χ1) is 18.0. The lowest BCUT2D eigenvalue weighted by Crippen LogP contribution is -2.49. The number of hydrogen-bond acceptors (Lipinski definition) is 7. The first-order valence-corrected chi connectivity index (χ1v) is 15.9. The van der Waals surface area contributed by atoms with Crippen LogP contribution in [0.2, 0.25) is 0 Å². The molecule has 5 atom stereocenters. The molecule has 10 nitrogen and oxygen atoms in total. The Bertz CT molecular complexity index is 868. The van der Waals surface area contributed by atoms with Gasteiger partial charge in [-0.2, -0.15) is 0 Å². The summed E-state index contributed by atoms with van der Waals surface area (Å²) >= 11 is 0. The molecule has 0 aromatic carbocycles. The number of hydrogen-bond donors (Lipinski definition) is 5. The van der Waals surface area contributed by atoms with Crippen molar-refractivity contribution in [3.8, 4) is 0 Å². The lowest BCUT2D eigenvalue weighted by atomic mass is 9.62. The van der Waals surface area contributed by atoms with Crippen molar-refractivity contribution in [3.05, 3.63) is 0 Å². The normalized spacial score (nSPS) is 19.0. The van der Waals surface area contributed by atoms with Crippen LogP contribution in [0.25, 0.3) is 0 Å². The average molecular weight is 591 g/mol. The Labute approximate surface area is 239 Å². The summed E-state index contributed by atoms with van der Waals surface area (Å²) in [5, 5.41) is 35.5. The Morgan fingerprint density at radius 2 is 1.49 bits per heavy atom. The van der Waals surface area contributed by atoms with Gasteiger partial charge in [-0.3, -0.25) is 24.0 Å². The lowest BCUT2D eigenvalue weighted by molar-refractivity contribution is -0.161. The molecule has 5 N–H and O–H groups in total. The van der Waals surface area contributed by atoms with E-state index in [0.29, 0.717) is 11.7 Å². The molecule has 0 radical (unpaired) electrons. The maximum atomic E-state index is 13.2. The Hall–Kier alpha value is -1.95. The van der Waals surface area contributed by atoms with Gasteiger partial charge in [0, 0.05) is 30.5 Å². The van der Waals surface area contributed by atoms with Gasteiger partial charge in [0.25, 0.3) is 0 Å². The van der Waals surface area contributed by atoms with Gasteiger partial charge in [-0.1, -0.05) is 69.6 Å². The van der Waals surface area contributed by atoms with Crippen molar-refractivity contribution in [2.75, 3.05) is 18.8 Å². The number of rotatable bonds is 17. The zero-order valence-electron chi connectivity index (χ0n) is 24.0. The molecule has 1 saturated heterocycles. The zero-order valence-corrected chi connectivity index (χ0v) is 25.6. The number of amides is 2. The fourth-order valence-electron chi connectivity index (χ4n) is 5.40. The van der Waals surface area contributed by atoms with Crippen LogP contribution in [0.4, 0.5) is 0 Å². The van der Waals surface area contributed by atoms with Crippen molar-refractivity contribution in [1.29, 1.82) is 0 Å². The minimum absolute atomic E-state index is 0.0949. The molecule has 0 saturated carbocycles. The second kappa shape index (κ2) is 15.7. The first kappa shape index (κ1) is 35.1. The molecule has 5 unspecified atom stereocenters. The largest absolute Gasteiger partial charge is 0.481 e. The molecule has 1 aliphatic heterocycles. The van der Waals surface area contributed by atoms with Gasteiger partial charge in [0.15, 0.2) is 0 Å². The Kier molecular flexibility index (Phi) is 14.2. The summed E-state index contributed by atoms with van der Waals surface area (Å²) in [6, 6.07) is 0. The molecule has 12 heteroatoms. The fourth-order valence-corrected chi connectivity index (χ4v) is 8.42. The predicted molar refractivity (Wildman–Crippen MR) is 153 cm³/mol. The summed E-state index contributed by atoms with van der Waals surface area (Å²) in [5.74, 6) is -8.18. The molecule has 1 rings (SSSR count). The monoisotopic (exact) mass is 590 g/mol. The van der Waals surface area contributed by atoms with Gasteiger partial charge in [0.1, 0.15) is 0 Å². The zero-order chi connectivity index (χ0) is 30.0. The summed E-state index contributed by atoms with van der Waals surface area (Å²) in [7, 11) is 3.83. The molecule has 0 aliphatic carbocycles. The number of carbonyl (C=O) groups is 5. The van der Waals surface area contributed by atoms with E-state index in [0.717, 1.165) is 19.3 Å². The highest BCUT2D eigenvalue weighted by molar-refractivity contribution is 8.77. The van der Waals surface area contributed by atoms with Crippen molar-refractivity contribution in [3.63, 3.8) is 0 Å². The van der Waals surface area contributed by atoms with Crippen LogP contribution in [0.5, 0.6) is 0 Å². The summed E-state index contributed by atoms with van der Waals surface area (Å²) in [6.45, 7) is 9.88. The van der Waals surface area contributed by atoms with E-state index < -0.39 is 58.3 Å². The molecule has 2 amide bonds. The van der Waals surface area contributed by atoms with Crippen molar-refractivity contribution in [2.45, 2.75) is 85.3 Å². The third-order valence-corrected chi connectivity index (χ3v) is 10.3. The van der Waals surface area contributed by atoms with E-state index >= 15 is 0 Å². The number of carbonyl (C=O) groups excluding carboxylic acids is 2. The highest BCUT2D eigenvalue weighted by Crippen LogP contribution is 2.44. The SMILES string of the molecule is CC(C(=O)O)C(C(=O)O)C(C)(C)CC(C(=O)O)C(C(=O)NCCNC(=O)CCCCC1CCSS1)C(C)(C)C. The van der Waals surface area contributed by atoms with E-state index in [1.165, 1.54) is 32.9 Å². The lowest BCUT2D eigenvalue weighted by Gasteiger charge is -2.40. The minimum Gasteiger partial charge on any atom is -0.481 e. The van der Waals surface area contributed by atoms with Gasteiger partial charge < -0.3 is 26.0 Å². The third kappa shape index (κ3) is 11.6. The molecular formula is C27H46N2O8S2. The van der Waals surface area contributed by atoms with Crippen LogP contribution < -0.4 is 10.6 Å². The molecule has 39 heavy (non-hydrogen) atoms. The molecule has 0 spiro atoms. The summed E-state index contributed by atoms with van der Waals surface area (Å²) in [4.78, 5) is 61.3. The van der Waals surface area contributed by atoms with Gasteiger partial charge in [-0.15, -0.1) is 0 Å². The van der Waals surface area contributed by atoms with Crippen molar-refractivity contribution < 1.29 is 39.3 Å². The van der Waals surface area contributed by atoms with Crippen molar-refractivity contribution >= 4 is 51.3 Å². The smallest absolute Gasteiger partial charge is 0.307 e. The van der Waals surface area contributed by atoms with Crippen LogP contribution in [0, 0.1) is 34.5 Å². The minimum atomic E-state index is -1.36. The fraction of sp³-hybridized carbons (Fsp3) is 0.815. The van der Waals surface area contributed by atoms with Crippen LogP contribution in [0.3, 0.4) is 0 Å². The molecule has 0 aromatic heterocycles. The Balaban J connectivity index is 2.77. The summed E-state index contributed by atoms with van der Waals surface area (Å²) in [5.41, 5.74) is -2.03. The summed E-state index contributed by atoms with van der Waals surface area (Å²) < 4.78 is 0. The van der Waals surface area contributed by atoms with Gasteiger partial charge in [-0.05, 0) is 36.5 Å². The Morgan fingerprint density at radius 3 is 1.97 bits per heavy atom. The van der Waals surface area contributed by atoms with Gasteiger partial charge in [-0.25, -0.2) is 0 Å². The molecule has 224 valence electrons. The van der Waals surface area contributed by atoms with E-state index in [1.54, 1.807) is 20.8 Å².